The highest BCUT2D eigenvalue weighted by atomic mass is 16.1. The number of aromatic amines is 1. The van der Waals surface area contributed by atoms with Gasteiger partial charge in [-0.25, -0.2) is 9.78 Å². The van der Waals surface area contributed by atoms with Crippen LogP contribution in [0.4, 0.5) is 5.82 Å². The highest BCUT2D eigenvalue weighted by Gasteiger charge is 1.99. The molecule has 0 fully saturated rings. The second kappa shape index (κ2) is 4.88. The Morgan fingerprint density at radius 2 is 2.50 bits per heavy atom. The van der Waals surface area contributed by atoms with Crippen LogP contribution in [0.25, 0.3) is 10.4 Å². The number of aromatic nitrogens is 2. The van der Waals surface area contributed by atoms with Crippen LogP contribution in [0.3, 0.4) is 0 Å². The largest absolute Gasteiger partial charge is 0.385 e. The maximum Gasteiger partial charge on any atom is 0.346 e. The topological polar surface area (TPSA) is 121 Å². The van der Waals surface area contributed by atoms with E-state index < -0.39 is 5.69 Å². The number of nitrogens with zero attached hydrogens (tertiary/aromatic N) is 4. The number of H-pyrrole nitrogens is 1. The van der Waals surface area contributed by atoms with Gasteiger partial charge in [-0.2, -0.15) is 0 Å². The third kappa shape index (κ3) is 2.80. The van der Waals surface area contributed by atoms with Gasteiger partial charge in [0, 0.05) is 23.2 Å². The van der Waals surface area contributed by atoms with Gasteiger partial charge in [0.25, 0.3) is 0 Å². The maximum absolute atomic E-state index is 10.7. The van der Waals surface area contributed by atoms with Gasteiger partial charge in [-0.05, 0) is 18.4 Å². The first-order chi connectivity index (χ1) is 6.74. The van der Waals surface area contributed by atoms with E-state index in [0.29, 0.717) is 25.2 Å². The van der Waals surface area contributed by atoms with Gasteiger partial charge in [0.15, 0.2) is 0 Å². The number of azide groups is 1. The van der Waals surface area contributed by atoms with E-state index in [4.69, 9.17) is 11.3 Å². The number of nitrogen functional groups attached to an aromatic ring is 1. The molecule has 0 aliphatic carbocycles. The van der Waals surface area contributed by atoms with Gasteiger partial charge in [-0.3, -0.25) is 4.98 Å². The van der Waals surface area contributed by atoms with Crippen molar-refractivity contribution in [2.45, 2.75) is 12.8 Å². The first-order valence-corrected chi connectivity index (χ1v) is 4.08. The summed E-state index contributed by atoms with van der Waals surface area (Å²) in [6.45, 7) is 0.412. The second-order valence-electron chi connectivity index (χ2n) is 2.69. The third-order valence-electron chi connectivity index (χ3n) is 1.69. The minimum atomic E-state index is -0.457. The van der Waals surface area contributed by atoms with Gasteiger partial charge >= 0.3 is 5.69 Å². The minimum Gasteiger partial charge on any atom is -0.385 e. The van der Waals surface area contributed by atoms with Crippen molar-refractivity contribution in [2.24, 2.45) is 5.11 Å². The van der Waals surface area contributed by atoms with Crippen LogP contribution in [-0.2, 0) is 6.42 Å². The van der Waals surface area contributed by atoms with Crippen LogP contribution in [0.15, 0.2) is 16.1 Å². The molecular weight excluding hydrogens is 184 g/mol. The average Bonchev–Trinajstić information content (AvgIpc) is 2.15. The molecule has 0 spiro atoms. The molecule has 0 atom stereocenters. The molecule has 0 saturated carbocycles. The van der Waals surface area contributed by atoms with E-state index in [9.17, 15) is 4.79 Å². The van der Waals surface area contributed by atoms with Crippen LogP contribution >= 0.6 is 0 Å². The molecule has 7 heteroatoms. The summed E-state index contributed by atoms with van der Waals surface area (Å²) in [4.78, 5) is 19.3. The smallest absolute Gasteiger partial charge is 0.346 e. The molecule has 74 valence electrons. The van der Waals surface area contributed by atoms with Crippen molar-refractivity contribution in [3.8, 4) is 0 Å². The first-order valence-electron chi connectivity index (χ1n) is 4.08. The second-order valence-corrected chi connectivity index (χ2v) is 2.69. The summed E-state index contributed by atoms with van der Waals surface area (Å²) in [7, 11) is 0. The lowest BCUT2D eigenvalue weighted by atomic mass is 10.2. The van der Waals surface area contributed by atoms with Crippen LogP contribution < -0.4 is 11.4 Å². The monoisotopic (exact) mass is 194 g/mol. The van der Waals surface area contributed by atoms with Gasteiger partial charge in [-0.15, -0.1) is 0 Å². The number of nitrogens with two attached hydrogens (primary N) is 1. The molecule has 3 N–H and O–H groups in total. The molecular formula is C7H10N6O. The van der Waals surface area contributed by atoms with E-state index in [-0.39, 0.29) is 0 Å². The summed E-state index contributed by atoms with van der Waals surface area (Å²) in [5, 5.41) is 3.38. The van der Waals surface area contributed by atoms with Crippen molar-refractivity contribution < 1.29 is 0 Å². The summed E-state index contributed by atoms with van der Waals surface area (Å²) >= 11 is 0. The van der Waals surface area contributed by atoms with Gasteiger partial charge in [-0.1, -0.05) is 5.11 Å². The van der Waals surface area contributed by atoms with E-state index in [1.54, 1.807) is 0 Å². The summed E-state index contributed by atoms with van der Waals surface area (Å²) in [5.41, 5.74) is 13.9. The number of aryl methyl sites for hydroxylation is 1. The Balaban J connectivity index is 2.59. The quantitative estimate of drug-likeness (QED) is 0.316. The average molecular weight is 194 g/mol. The van der Waals surface area contributed by atoms with E-state index in [2.05, 4.69) is 20.0 Å². The SMILES string of the molecule is [N-]=[N+]=NCCCc1cnc(=O)[nH]c1N. The van der Waals surface area contributed by atoms with Crippen molar-refractivity contribution in [3.63, 3.8) is 0 Å². The molecule has 1 aromatic heterocycles. The van der Waals surface area contributed by atoms with E-state index >= 15 is 0 Å². The molecule has 0 amide bonds. The fourth-order valence-electron chi connectivity index (χ4n) is 1.02. The molecule has 0 aromatic carbocycles. The Bertz CT molecular complexity index is 405. The third-order valence-corrected chi connectivity index (χ3v) is 1.69. The molecule has 1 heterocycles. The molecule has 0 bridgehead atoms. The van der Waals surface area contributed by atoms with Crippen molar-refractivity contribution in [1.82, 2.24) is 9.97 Å². The molecule has 0 unspecified atom stereocenters. The zero-order valence-corrected chi connectivity index (χ0v) is 7.47. The fourth-order valence-corrected chi connectivity index (χ4v) is 1.02. The van der Waals surface area contributed by atoms with Crippen LogP contribution in [0, 0.1) is 0 Å². The molecule has 14 heavy (non-hydrogen) atoms. The predicted molar refractivity (Wildman–Crippen MR) is 51.6 cm³/mol. The van der Waals surface area contributed by atoms with Crippen LogP contribution in [0.2, 0.25) is 0 Å². The van der Waals surface area contributed by atoms with E-state index in [0.717, 1.165) is 5.56 Å². The predicted octanol–water partition coefficient (Wildman–Crippen LogP) is 0.595. The molecule has 1 rings (SSSR count). The number of hydrogen-bond donors (Lipinski definition) is 2. The minimum absolute atomic E-state index is 0.325. The Morgan fingerprint density at radius 3 is 3.14 bits per heavy atom. The number of anilines is 1. The Hall–Kier alpha value is -2.01. The Morgan fingerprint density at radius 1 is 1.71 bits per heavy atom. The highest BCUT2D eigenvalue weighted by molar-refractivity contribution is 5.36. The lowest BCUT2D eigenvalue weighted by Gasteiger charge is -2.01. The molecule has 1 aromatic rings. The zero-order valence-electron chi connectivity index (χ0n) is 7.47. The summed E-state index contributed by atoms with van der Waals surface area (Å²) in [5.74, 6) is 0.325. The summed E-state index contributed by atoms with van der Waals surface area (Å²) < 4.78 is 0. The maximum atomic E-state index is 10.7. The Kier molecular flexibility index (Phi) is 3.51. The van der Waals surface area contributed by atoms with Crippen molar-refractivity contribution >= 4 is 5.82 Å². The van der Waals surface area contributed by atoms with Crippen molar-refractivity contribution in [3.05, 3.63) is 32.7 Å². The van der Waals surface area contributed by atoms with Crippen LogP contribution in [0.5, 0.6) is 0 Å². The highest BCUT2D eigenvalue weighted by Crippen LogP contribution is 2.06. The normalized spacial score (nSPS) is 9.43. The lowest BCUT2D eigenvalue weighted by molar-refractivity contribution is 0.818. The zero-order chi connectivity index (χ0) is 10.4. The standard InChI is InChI=1S/C7H10N6O/c8-6-5(2-1-3-11-13-9)4-10-7(14)12-6/h4H,1-3H2,(H3,8,10,12,14). The van der Waals surface area contributed by atoms with Gasteiger partial charge in [0.2, 0.25) is 0 Å². The van der Waals surface area contributed by atoms with E-state index in [1.165, 1.54) is 6.20 Å². The Labute approximate surface area is 79.6 Å². The molecule has 0 aliphatic rings. The molecule has 0 radical (unpaired) electrons. The van der Waals surface area contributed by atoms with Gasteiger partial charge in [0.1, 0.15) is 5.82 Å². The molecule has 0 aliphatic heterocycles. The van der Waals surface area contributed by atoms with Crippen molar-refractivity contribution in [2.75, 3.05) is 12.3 Å². The number of rotatable bonds is 4. The van der Waals surface area contributed by atoms with Gasteiger partial charge in [0.05, 0.1) is 0 Å². The summed E-state index contributed by atoms with van der Waals surface area (Å²) in [6, 6.07) is 0. The molecule has 7 nitrogen and oxygen atoms in total. The lowest BCUT2D eigenvalue weighted by Crippen LogP contribution is -2.14. The van der Waals surface area contributed by atoms with Crippen molar-refractivity contribution in [1.29, 1.82) is 0 Å². The van der Waals surface area contributed by atoms with Gasteiger partial charge < -0.3 is 5.73 Å². The molecule has 0 saturated heterocycles. The fraction of sp³-hybridized carbons (Fsp3) is 0.429. The van der Waals surface area contributed by atoms with E-state index in [1.807, 2.05) is 0 Å². The summed E-state index contributed by atoms with van der Waals surface area (Å²) in [6.07, 6.45) is 2.75. The van der Waals surface area contributed by atoms with Crippen LogP contribution in [0.1, 0.15) is 12.0 Å². The number of hydrogen-bond acceptors (Lipinski definition) is 4. The number of nitrogens with one attached hydrogen (secondary N) is 1. The first kappa shape index (κ1) is 10.1. The van der Waals surface area contributed by atoms with Crippen LogP contribution in [-0.4, -0.2) is 16.5 Å².